The quantitative estimate of drug-likeness (QED) is 0.167. The van der Waals surface area contributed by atoms with Crippen LogP contribution in [0.3, 0.4) is 0 Å². The smallest absolute Gasteiger partial charge is 0.164 e. The Kier molecular flexibility index (Phi) is 8.63. The summed E-state index contributed by atoms with van der Waals surface area (Å²) in [7, 11) is 0. The fraction of sp³-hybridized carbons (Fsp3) is 0. The van der Waals surface area contributed by atoms with Gasteiger partial charge in [-0.3, -0.25) is 0 Å². The van der Waals surface area contributed by atoms with E-state index < -0.39 is 0 Å². The SMILES string of the molecule is c1ccc(-c2ccc3c(c2)c2ccc(-c4ccc5oc6cccc(-c7nc(-c8ccc9c(c8)sc8ccccc89)nc(-c8ccc9c(c8)sc8ccccc89)n7)c6c5c4)cc2n3-c2ccccc2)cc1. The Morgan fingerprint density at radius 3 is 1.57 bits per heavy atom. The molecule has 7 heteroatoms. The Hall–Kier alpha value is -8.75. The van der Waals surface area contributed by atoms with Crippen molar-refractivity contribution in [2.24, 2.45) is 0 Å². The van der Waals surface area contributed by atoms with E-state index in [1.807, 2.05) is 12.1 Å². The van der Waals surface area contributed by atoms with Gasteiger partial charge in [-0.15, -0.1) is 22.7 Å². The maximum absolute atomic E-state index is 6.65. The molecule has 0 amide bonds. The molecule has 0 atom stereocenters. The van der Waals surface area contributed by atoms with Crippen molar-refractivity contribution in [3.8, 4) is 62.1 Å². The Morgan fingerprint density at radius 1 is 0.314 bits per heavy atom. The third-order valence-corrected chi connectivity index (χ3v) is 16.1. The highest BCUT2D eigenvalue weighted by atomic mass is 32.1. The highest BCUT2D eigenvalue weighted by Crippen LogP contribution is 2.43. The molecule has 70 heavy (non-hydrogen) atoms. The fourth-order valence-corrected chi connectivity index (χ4v) is 12.8. The highest BCUT2D eigenvalue weighted by Gasteiger charge is 2.21. The first kappa shape index (κ1) is 39.3. The molecule has 0 saturated heterocycles. The first-order chi connectivity index (χ1) is 34.6. The molecule has 5 aromatic heterocycles. The predicted octanol–water partition coefficient (Wildman–Crippen LogP) is 17.9. The molecule has 0 aliphatic carbocycles. The van der Waals surface area contributed by atoms with E-state index in [1.165, 1.54) is 67.8 Å². The number of nitrogens with zero attached hydrogens (tertiary/aromatic N) is 4. The number of benzene rings is 10. The number of rotatable bonds is 6. The van der Waals surface area contributed by atoms with Gasteiger partial charge < -0.3 is 8.98 Å². The van der Waals surface area contributed by atoms with E-state index in [1.54, 1.807) is 22.7 Å². The van der Waals surface area contributed by atoms with E-state index in [-0.39, 0.29) is 0 Å². The van der Waals surface area contributed by atoms with Crippen LogP contribution in [0.15, 0.2) is 223 Å². The summed E-state index contributed by atoms with van der Waals surface area (Å²) >= 11 is 3.59. The largest absolute Gasteiger partial charge is 0.456 e. The summed E-state index contributed by atoms with van der Waals surface area (Å²) in [5.74, 6) is 1.84. The van der Waals surface area contributed by atoms with Crippen LogP contribution in [-0.4, -0.2) is 19.5 Å². The van der Waals surface area contributed by atoms with Gasteiger partial charge in [-0.2, -0.15) is 0 Å². The first-order valence-corrected chi connectivity index (χ1v) is 25.0. The molecule has 0 N–H and O–H groups in total. The number of hydrogen-bond donors (Lipinski definition) is 0. The van der Waals surface area contributed by atoms with Gasteiger partial charge in [0.1, 0.15) is 11.2 Å². The van der Waals surface area contributed by atoms with E-state index >= 15 is 0 Å². The lowest BCUT2D eigenvalue weighted by molar-refractivity contribution is 0.669. The van der Waals surface area contributed by atoms with Crippen LogP contribution in [0.25, 0.3) is 146 Å². The second-order valence-corrected chi connectivity index (χ2v) is 20.1. The van der Waals surface area contributed by atoms with Crippen LogP contribution < -0.4 is 0 Å². The van der Waals surface area contributed by atoms with Crippen molar-refractivity contribution in [1.82, 2.24) is 19.5 Å². The molecule has 0 bridgehead atoms. The molecular weight excluding hydrogens is 893 g/mol. The van der Waals surface area contributed by atoms with Gasteiger partial charge in [-0.05, 0) is 95.1 Å². The third-order valence-electron chi connectivity index (χ3n) is 13.9. The van der Waals surface area contributed by atoms with Crippen LogP contribution >= 0.6 is 22.7 Å². The maximum atomic E-state index is 6.65. The van der Waals surface area contributed by atoms with Gasteiger partial charge in [-0.1, -0.05) is 146 Å². The van der Waals surface area contributed by atoms with E-state index in [4.69, 9.17) is 19.4 Å². The summed E-state index contributed by atoms with van der Waals surface area (Å²) < 4.78 is 14.0. The molecule has 0 fully saturated rings. The van der Waals surface area contributed by atoms with Crippen molar-refractivity contribution in [1.29, 1.82) is 0 Å². The minimum Gasteiger partial charge on any atom is -0.456 e. The zero-order valence-electron chi connectivity index (χ0n) is 37.3. The van der Waals surface area contributed by atoms with Crippen molar-refractivity contribution in [2.45, 2.75) is 0 Å². The molecule has 0 unspecified atom stereocenters. The summed E-state index contributed by atoms with van der Waals surface area (Å²) in [5, 5.41) is 9.38. The minimum atomic E-state index is 0.593. The summed E-state index contributed by atoms with van der Waals surface area (Å²) in [6, 6.07) is 78.1. The highest BCUT2D eigenvalue weighted by molar-refractivity contribution is 7.26. The van der Waals surface area contributed by atoms with Crippen molar-refractivity contribution < 1.29 is 4.42 Å². The Labute approximate surface area is 408 Å². The lowest BCUT2D eigenvalue weighted by atomic mass is 9.99. The molecule has 15 rings (SSSR count). The van der Waals surface area contributed by atoms with Crippen molar-refractivity contribution in [2.75, 3.05) is 0 Å². The van der Waals surface area contributed by atoms with E-state index in [9.17, 15) is 0 Å². The average molecular weight is 929 g/mol. The summed E-state index contributed by atoms with van der Waals surface area (Å²) in [4.78, 5) is 15.9. The Morgan fingerprint density at radius 2 is 0.857 bits per heavy atom. The Balaban J connectivity index is 0.910. The second kappa shape index (κ2) is 15.4. The van der Waals surface area contributed by atoms with Gasteiger partial charge in [-0.25, -0.2) is 15.0 Å². The van der Waals surface area contributed by atoms with Crippen LogP contribution in [0.1, 0.15) is 0 Å². The van der Waals surface area contributed by atoms with Crippen LogP contribution in [0.5, 0.6) is 0 Å². The summed E-state index contributed by atoms with van der Waals surface area (Å²) in [6.07, 6.45) is 0. The summed E-state index contributed by atoms with van der Waals surface area (Å²) in [5.41, 5.74) is 12.4. The number of hydrogen-bond acceptors (Lipinski definition) is 6. The molecule has 5 nitrogen and oxygen atoms in total. The zero-order chi connectivity index (χ0) is 45.9. The molecule has 0 spiro atoms. The predicted molar refractivity (Wildman–Crippen MR) is 294 cm³/mol. The number of para-hydroxylation sites is 1. The van der Waals surface area contributed by atoms with Crippen LogP contribution in [0.4, 0.5) is 0 Å². The molecule has 15 aromatic rings. The molecule has 0 aliphatic rings. The van der Waals surface area contributed by atoms with Crippen molar-refractivity contribution in [3.63, 3.8) is 0 Å². The number of fused-ring (bicyclic) bond motifs is 12. The van der Waals surface area contributed by atoms with E-state index in [2.05, 4.69) is 211 Å². The maximum Gasteiger partial charge on any atom is 0.164 e. The van der Waals surface area contributed by atoms with Crippen LogP contribution in [0.2, 0.25) is 0 Å². The standard InChI is InChI=1S/C63H36N4OS2/c1-3-12-37(13-4-1)38-25-30-52-50(32-38)44-27-22-40(34-53(44)67(52)43-14-5-2-6-15-43)39-26-31-54-51(33-39)60-49(18-11-19-55(60)68-54)63-65-61(41-23-28-47-45-16-7-9-20-56(45)69-58(47)35-41)64-62(66-63)42-24-29-48-46-17-8-10-21-57(46)70-59(48)36-42/h1-36H. The van der Waals surface area contributed by atoms with Gasteiger partial charge in [0.2, 0.25) is 0 Å². The lowest BCUT2D eigenvalue weighted by Crippen LogP contribution is -2.00. The average Bonchev–Trinajstić information content (AvgIpc) is 4.19. The van der Waals surface area contributed by atoms with Crippen molar-refractivity contribution >= 4 is 107 Å². The molecule has 326 valence electrons. The normalized spacial score (nSPS) is 12.0. The van der Waals surface area contributed by atoms with Crippen LogP contribution in [-0.2, 0) is 0 Å². The molecular formula is C63H36N4OS2. The number of furan rings is 1. The molecule has 0 saturated carbocycles. The fourth-order valence-electron chi connectivity index (χ4n) is 10.5. The first-order valence-electron chi connectivity index (χ1n) is 23.4. The number of aromatic nitrogens is 4. The van der Waals surface area contributed by atoms with Crippen LogP contribution in [0, 0.1) is 0 Å². The molecule has 10 aromatic carbocycles. The van der Waals surface area contributed by atoms with Gasteiger partial charge >= 0.3 is 0 Å². The minimum absolute atomic E-state index is 0.593. The molecule has 0 radical (unpaired) electrons. The van der Waals surface area contributed by atoms with Gasteiger partial charge in [0.25, 0.3) is 0 Å². The van der Waals surface area contributed by atoms with Gasteiger partial charge in [0.05, 0.1) is 11.0 Å². The van der Waals surface area contributed by atoms with Gasteiger partial charge in [0, 0.05) is 84.3 Å². The zero-order valence-corrected chi connectivity index (χ0v) is 38.9. The lowest BCUT2D eigenvalue weighted by Gasteiger charge is -2.10. The third kappa shape index (κ3) is 6.19. The molecule has 5 heterocycles. The Bertz CT molecular complexity index is 4470. The number of thiophene rings is 2. The van der Waals surface area contributed by atoms with E-state index in [0.29, 0.717) is 17.5 Å². The van der Waals surface area contributed by atoms with Gasteiger partial charge in [0.15, 0.2) is 17.5 Å². The monoisotopic (exact) mass is 928 g/mol. The van der Waals surface area contributed by atoms with E-state index in [0.717, 1.165) is 61.0 Å². The van der Waals surface area contributed by atoms with Crippen molar-refractivity contribution in [3.05, 3.63) is 218 Å². The summed E-state index contributed by atoms with van der Waals surface area (Å²) in [6.45, 7) is 0. The topological polar surface area (TPSA) is 56.7 Å². The second-order valence-electron chi connectivity index (χ2n) is 17.9. The molecule has 0 aliphatic heterocycles.